The van der Waals surface area contributed by atoms with Crippen LogP contribution in [-0.2, 0) is 0 Å². The normalized spacial score (nSPS) is 11.4. The summed E-state index contributed by atoms with van der Waals surface area (Å²) in [4.78, 5) is 0. The molecule has 0 heterocycles. The minimum Gasteiger partial charge on any atom is -0.516 e. The Morgan fingerprint density at radius 2 is 1.29 bits per heavy atom. The van der Waals surface area contributed by atoms with E-state index in [4.69, 9.17) is 5.11 Å². The van der Waals surface area contributed by atoms with Crippen molar-refractivity contribution < 1.29 is 5.11 Å². The van der Waals surface area contributed by atoms with Crippen molar-refractivity contribution in [2.75, 3.05) is 24.6 Å². The van der Waals surface area contributed by atoms with Gasteiger partial charge >= 0.3 is 0 Å². The summed E-state index contributed by atoms with van der Waals surface area (Å²) in [5, 5.41) is 8.69. The second kappa shape index (κ2) is 7.58. The molecular formula is C12H20OP+. The van der Waals surface area contributed by atoms with E-state index in [-0.39, 0.29) is 0 Å². The maximum absolute atomic E-state index is 8.69. The van der Waals surface area contributed by atoms with Crippen molar-refractivity contribution in [3.63, 3.8) is 0 Å². The lowest BCUT2D eigenvalue weighted by molar-refractivity contribution is 0.472. The van der Waals surface area contributed by atoms with E-state index < -0.39 is 7.26 Å². The number of aliphatic hydroxyl groups is 1. The van der Waals surface area contributed by atoms with Crippen LogP contribution in [0.5, 0.6) is 0 Å². The Morgan fingerprint density at radius 1 is 0.857 bits per heavy atom. The molecule has 0 rings (SSSR count). The Labute approximate surface area is 87.9 Å². The van der Waals surface area contributed by atoms with E-state index in [0.29, 0.717) is 0 Å². The van der Waals surface area contributed by atoms with Gasteiger partial charge in [0.2, 0.25) is 0 Å². The van der Waals surface area contributed by atoms with E-state index in [9.17, 15) is 0 Å². The fraction of sp³-hybridized carbons (Fsp3) is 0.333. The highest BCUT2D eigenvalue weighted by Crippen LogP contribution is 2.58. The van der Waals surface area contributed by atoms with E-state index in [1.54, 1.807) is 0 Å². The average Bonchev–Trinajstić information content (AvgIpc) is 2.16. The lowest BCUT2D eigenvalue weighted by atomic mass is 10.7. The molecule has 0 radical (unpaired) electrons. The molecule has 0 saturated heterocycles. The average molecular weight is 211 g/mol. The zero-order valence-corrected chi connectivity index (χ0v) is 9.63. The van der Waals surface area contributed by atoms with Crippen molar-refractivity contribution in [2.24, 2.45) is 0 Å². The van der Waals surface area contributed by atoms with Gasteiger partial charge in [-0.1, -0.05) is 38.0 Å². The van der Waals surface area contributed by atoms with Crippen LogP contribution in [-0.4, -0.2) is 29.8 Å². The van der Waals surface area contributed by atoms with Crippen LogP contribution in [0.4, 0.5) is 0 Å². The fourth-order valence-electron chi connectivity index (χ4n) is 1.54. The third kappa shape index (κ3) is 4.43. The quantitative estimate of drug-likeness (QED) is 0.369. The minimum absolute atomic E-state index is 0.938. The molecule has 1 N–H and O–H groups in total. The maximum Gasteiger partial charge on any atom is 0.0815 e. The first-order valence-electron chi connectivity index (χ1n) is 4.71. The lowest BCUT2D eigenvalue weighted by Crippen LogP contribution is -2.07. The Hall–Kier alpha value is -0.810. The summed E-state index contributed by atoms with van der Waals surface area (Å²) in [6, 6.07) is 0. The van der Waals surface area contributed by atoms with Crippen molar-refractivity contribution in [2.45, 2.75) is 0 Å². The van der Waals surface area contributed by atoms with Crippen molar-refractivity contribution in [3.8, 4) is 0 Å². The predicted octanol–water partition coefficient (Wildman–Crippen LogP) is 3.63. The highest BCUT2D eigenvalue weighted by Gasteiger charge is 2.31. The molecule has 0 aromatic rings. The molecule has 0 spiro atoms. The highest BCUT2D eigenvalue weighted by molar-refractivity contribution is 7.76. The third-order valence-electron chi connectivity index (χ3n) is 2.15. The van der Waals surface area contributed by atoms with Crippen LogP contribution in [0.2, 0.25) is 0 Å². The summed E-state index contributed by atoms with van der Waals surface area (Å²) >= 11 is 0. The molecule has 0 unspecified atom stereocenters. The topological polar surface area (TPSA) is 20.2 Å². The first-order chi connectivity index (χ1) is 6.74. The van der Waals surface area contributed by atoms with Crippen LogP contribution in [0.15, 0.2) is 50.3 Å². The zero-order chi connectivity index (χ0) is 10.9. The number of hydrogen-bond donors (Lipinski definition) is 1. The van der Waals surface area contributed by atoms with Gasteiger partial charge in [-0.3, -0.25) is 0 Å². The summed E-state index contributed by atoms with van der Waals surface area (Å²) in [6.45, 7) is 11.4. The van der Waals surface area contributed by atoms with Crippen molar-refractivity contribution >= 4 is 7.26 Å². The van der Waals surface area contributed by atoms with Crippen LogP contribution in [0, 0.1) is 0 Å². The van der Waals surface area contributed by atoms with Crippen molar-refractivity contribution in [1.82, 2.24) is 0 Å². The van der Waals surface area contributed by atoms with Crippen LogP contribution in [0.3, 0.4) is 0 Å². The van der Waals surface area contributed by atoms with Crippen LogP contribution >= 0.6 is 7.26 Å². The summed E-state index contributed by atoms with van der Waals surface area (Å²) in [5.41, 5.74) is 0. The van der Waals surface area contributed by atoms with Gasteiger partial charge in [0.1, 0.15) is 0 Å². The second-order valence-electron chi connectivity index (χ2n) is 3.32. The molecule has 78 valence electrons. The summed E-state index contributed by atoms with van der Waals surface area (Å²) in [5.74, 6) is 0. The Bertz CT molecular complexity index is 192. The highest BCUT2D eigenvalue weighted by atomic mass is 31.2. The molecule has 0 aliphatic heterocycles. The fourth-order valence-corrected chi connectivity index (χ4v) is 4.62. The van der Waals surface area contributed by atoms with Crippen LogP contribution in [0.1, 0.15) is 0 Å². The molecule has 0 atom stereocenters. The molecular weight excluding hydrogens is 191 g/mol. The standard InChI is InChI=1S/C12H19OP/c1-4-9-14(10-5-2,11-6-3)12-7-8-13/h4-8H,1-3,9-12H2/p+1. The third-order valence-corrected chi connectivity index (χ3v) is 6.23. The van der Waals surface area contributed by atoms with Gasteiger partial charge in [0, 0.05) is 7.26 Å². The second-order valence-corrected chi connectivity index (χ2v) is 7.47. The van der Waals surface area contributed by atoms with Gasteiger partial charge in [0.25, 0.3) is 0 Å². The molecule has 0 amide bonds. The number of rotatable bonds is 8. The molecule has 0 bridgehead atoms. The Balaban J connectivity index is 4.59. The molecule has 2 heteroatoms. The predicted molar refractivity (Wildman–Crippen MR) is 68.7 cm³/mol. The van der Waals surface area contributed by atoms with E-state index in [0.717, 1.165) is 30.9 Å². The van der Waals surface area contributed by atoms with Gasteiger partial charge < -0.3 is 5.11 Å². The first-order valence-corrected chi connectivity index (χ1v) is 7.24. The van der Waals surface area contributed by atoms with Gasteiger partial charge in [-0.15, -0.1) is 0 Å². The molecule has 0 fully saturated rings. The first kappa shape index (κ1) is 13.2. The number of allylic oxidation sites excluding steroid dienone is 4. The van der Waals surface area contributed by atoms with Crippen LogP contribution < -0.4 is 0 Å². The van der Waals surface area contributed by atoms with Crippen LogP contribution in [0.25, 0.3) is 0 Å². The van der Waals surface area contributed by atoms with E-state index >= 15 is 0 Å². The molecule has 0 aliphatic rings. The van der Waals surface area contributed by atoms with Gasteiger partial charge in [0.05, 0.1) is 30.9 Å². The molecule has 14 heavy (non-hydrogen) atoms. The molecule has 1 nitrogen and oxygen atoms in total. The van der Waals surface area contributed by atoms with E-state index in [1.807, 2.05) is 24.3 Å². The Kier molecular flexibility index (Phi) is 7.14. The molecule has 0 aromatic carbocycles. The van der Waals surface area contributed by atoms with Gasteiger partial charge in [-0.05, 0) is 6.08 Å². The van der Waals surface area contributed by atoms with Crippen molar-refractivity contribution in [3.05, 3.63) is 50.3 Å². The van der Waals surface area contributed by atoms with E-state index in [2.05, 4.69) is 19.7 Å². The minimum atomic E-state index is -1.11. The summed E-state index contributed by atoms with van der Waals surface area (Å²) < 4.78 is 0. The van der Waals surface area contributed by atoms with Gasteiger partial charge in [-0.25, -0.2) is 0 Å². The maximum atomic E-state index is 8.69. The molecule has 0 aliphatic carbocycles. The zero-order valence-electron chi connectivity index (χ0n) is 8.73. The van der Waals surface area contributed by atoms with E-state index in [1.165, 1.54) is 0 Å². The molecule has 0 aromatic heterocycles. The van der Waals surface area contributed by atoms with Crippen molar-refractivity contribution in [1.29, 1.82) is 0 Å². The SMILES string of the molecule is C=CC[P+](CC=C)(CC=C)CC=CO. The summed E-state index contributed by atoms with van der Waals surface area (Å²) in [7, 11) is -1.11. The van der Waals surface area contributed by atoms with Gasteiger partial charge in [-0.2, -0.15) is 0 Å². The number of aliphatic hydroxyl groups excluding tert-OH is 1. The smallest absolute Gasteiger partial charge is 0.0815 e. The van der Waals surface area contributed by atoms with Gasteiger partial charge in [0.15, 0.2) is 0 Å². The molecule has 0 saturated carbocycles. The summed E-state index contributed by atoms with van der Waals surface area (Å²) in [6.07, 6.45) is 12.9. The Morgan fingerprint density at radius 3 is 1.57 bits per heavy atom. The largest absolute Gasteiger partial charge is 0.516 e. The number of hydrogen-bond acceptors (Lipinski definition) is 1. The lowest BCUT2D eigenvalue weighted by Gasteiger charge is -2.22. The monoisotopic (exact) mass is 211 g/mol.